The maximum Gasteiger partial charge on any atom is 0.303 e. The van der Waals surface area contributed by atoms with Crippen molar-refractivity contribution in [3.05, 3.63) is 83.9 Å². The Morgan fingerprint density at radius 3 is 1.84 bits per heavy atom. The first-order valence-electron chi connectivity index (χ1n) is 12.0. The lowest BCUT2D eigenvalue weighted by Crippen LogP contribution is -2.04. The van der Waals surface area contributed by atoms with Crippen molar-refractivity contribution in [3.63, 3.8) is 0 Å². The fourth-order valence-electron chi connectivity index (χ4n) is 4.20. The van der Waals surface area contributed by atoms with E-state index in [0.717, 1.165) is 17.5 Å². The molecule has 0 saturated carbocycles. The zero-order chi connectivity index (χ0) is 22.8. The number of ether oxygens (including phenoxy) is 1. The van der Waals surface area contributed by atoms with Crippen molar-refractivity contribution in [1.82, 2.24) is 0 Å². The molecule has 0 amide bonds. The molecule has 1 unspecified atom stereocenters. The van der Waals surface area contributed by atoms with Crippen molar-refractivity contribution in [2.45, 2.75) is 71.8 Å². The van der Waals surface area contributed by atoms with Crippen molar-refractivity contribution < 1.29 is 9.53 Å². The molecule has 0 aliphatic rings. The van der Waals surface area contributed by atoms with E-state index in [9.17, 15) is 4.79 Å². The molecule has 3 aromatic carbocycles. The minimum Gasteiger partial charge on any atom is -0.458 e. The van der Waals surface area contributed by atoms with E-state index in [1.54, 1.807) is 0 Å². The summed E-state index contributed by atoms with van der Waals surface area (Å²) in [6, 6.07) is 25.9. The van der Waals surface area contributed by atoms with Gasteiger partial charge in [0.1, 0.15) is 6.10 Å². The maximum atomic E-state index is 11.2. The summed E-state index contributed by atoms with van der Waals surface area (Å²) in [6.07, 6.45) is 8.93. The van der Waals surface area contributed by atoms with Crippen molar-refractivity contribution in [1.29, 1.82) is 0 Å². The van der Waals surface area contributed by atoms with E-state index in [4.69, 9.17) is 4.74 Å². The van der Waals surface area contributed by atoms with Gasteiger partial charge >= 0.3 is 5.97 Å². The van der Waals surface area contributed by atoms with Crippen LogP contribution in [0.2, 0.25) is 0 Å². The molecule has 1 atom stereocenters. The van der Waals surface area contributed by atoms with Crippen LogP contribution in [0.5, 0.6) is 0 Å². The van der Waals surface area contributed by atoms with Gasteiger partial charge in [-0.1, -0.05) is 112 Å². The zero-order valence-corrected chi connectivity index (χ0v) is 19.8. The van der Waals surface area contributed by atoms with E-state index in [1.807, 2.05) is 19.1 Å². The summed E-state index contributed by atoms with van der Waals surface area (Å²) in [7, 11) is 0. The lowest BCUT2D eigenvalue weighted by atomic mass is 9.93. The van der Waals surface area contributed by atoms with Gasteiger partial charge in [0, 0.05) is 6.92 Å². The van der Waals surface area contributed by atoms with E-state index in [0.29, 0.717) is 0 Å². The van der Waals surface area contributed by atoms with E-state index in [1.165, 1.54) is 67.7 Å². The molecule has 168 valence electrons. The Labute approximate surface area is 193 Å². The van der Waals surface area contributed by atoms with Gasteiger partial charge in [-0.25, -0.2) is 0 Å². The highest BCUT2D eigenvalue weighted by molar-refractivity contribution is 5.83. The molecule has 2 nitrogen and oxygen atoms in total. The van der Waals surface area contributed by atoms with Crippen molar-refractivity contribution in [2.75, 3.05) is 0 Å². The van der Waals surface area contributed by atoms with Crippen LogP contribution >= 0.6 is 0 Å². The van der Waals surface area contributed by atoms with Gasteiger partial charge in [0.05, 0.1) is 0 Å². The topological polar surface area (TPSA) is 26.3 Å². The van der Waals surface area contributed by atoms with Crippen LogP contribution in [0.15, 0.2) is 72.8 Å². The molecule has 0 radical (unpaired) electrons. The summed E-state index contributed by atoms with van der Waals surface area (Å²) >= 11 is 0. The van der Waals surface area contributed by atoms with E-state index in [-0.39, 0.29) is 12.1 Å². The first kappa shape index (κ1) is 23.8. The molecule has 0 fully saturated rings. The molecule has 2 heteroatoms. The Morgan fingerprint density at radius 2 is 1.28 bits per heavy atom. The third-order valence-electron chi connectivity index (χ3n) is 6.04. The molecule has 0 saturated heterocycles. The lowest BCUT2D eigenvalue weighted by Gasteiger charge is -2.14. The van der Waals surface area contributed by atoms with Crippen LogP contribution in [-0.2, 0) is 16.0 Å². The second kappa shape index (κ2) is 12.2. The number of rotatable bonds is 11. The molecule has 3 rings (SSSR count). The molecule has 0 aliphatic heterocycles. The predicted octanol–water partition coefficient (Wildman–Crippen LogP) is 8.55. The minimum atomic E-state index is -0.258. The van der Waals surface area contributed by atoms with E-state index in [2.05, 4.69) is 67.6 Å². The van der Waals surface area contributed by atoms with Gasteiger partial charge in [-0.15, -0.1) is 0 Å². The normalized spacial score (nSPS) is 11.8. The molecule has 32 heavy (non-hydrogen) atoms. The molecule has 0 aliphatic carbocycles. The third-order valence-corrected chi connectivity index (χ3v) is 6.04. The summed E-state index contributed by atoms with van der Waals surface area (Å²) in [5, 5.41) is 0. The molecule has 0 bridgehead atoms. The minimum absolute atomic E-state index is 0.240. The molecular weight excluding hydrogens is 392 g/mol. The number of esters is 1. The molecule has 0 N–H and O–H groups in total. The Morgan fingerprint density at radius 1 is 0.750 bits per heavy atom. The number of carbonyl (C=O) groups is 1. The van der Waals surface area contributed by atoms with Gasteiger partial charge in [0.2, 0.25) is 0 Å². The summed E-state index contributed by atoms with van der Waals surface area (Å²) < 4.78 is 5.30. The van der Waals surface area contributed by atoms with Gasteiger partial charge in [-0.05, 0) is 53.1 Å². The molecule has 0 aromatic heterocycles. The number of carbonyl (C=O) groups excluding carboxylic acids is 1. The number of benzene rings is 3. The number of hydrogen-bond acceptors (Lipinski definition) is 2. The summed E-state index contributed by atoms with van der Waals surface area (Å²) in [4.78, 5) is 11.2. The highest BCUT2D eigenvalue weighted by Gasteiger charge is 2.11. The van der Waals surface area contributed by atoms with Crippen molar-refractivity contribution >= 4 is 5.97 Å². The molecular formula is C30H36O2. The van der Waals surface area contributed by atoms with Gasteiger partial charge in [0.25, 0.3) is 0 Å². The first-order chi connectivity index (χ1) is 15.6. The smallest absolute Gasteiger partial charge is 0.303 e. The van der Waals surface area contributed by atoms with Crippen molar-refractivity contribution in [2.24, 2.45) is 0 Å². The summed E-state index contributed by atoms with van der Waals surface area (Å²) in [5.41, 5.74) is 7.27. The highest BCUT2D eigenvalue weighted by atomic mass is 16.5. The predicted molar refractivity (Wildman–Crippen MR) is 135 cm³/mol. The van der Waals surface area contributed by atoms with Crippen LogP contribution in [0, 0.1) is 0 Å². The summed E-state index contributed by atoms with van der Waals surface area (Å²) in [6.45, 7) is 5.61. The quantitative estimate of drug-likeness (QED) is 0.226. The third kappa shape index (κ3) is 6.82. The Hall–Kier alpha value is -2.87. The van der Waals surface area contributed by atoms with Crippen LogP contribution in [0.25, 0.3) is 22.3 Å². The van der Waals surface area contributed by atoms with Crippen LogP contribution in [-0.4, -0.2) is 5.97 Å². The van der Waals surface area contributed by atoms with Crippen LogP contribution in [0.1, 0.15) is 76.5 Å². The Balaban J connectivity index is 1.69. The van der Waals surface area contributed by atoms with E-state index < -0.39 is 0 Å². The lowest BCUT2D eigenvalue weighted by molar-refractivity contribution is -0.145. The van der Waals surface area contributed by atoms with Crippen LogP contribution in [0.4, 0.5) is 0 Å². The maximum absolute atomic E-state index is 11.2. The molecule has 3 aromatic rings. The first-order valence-corrected chi connectivity index (χ1v) is 12.0. The van der Waals surface area contributed by atoms with Crippen LogP contribution in [0.3, 0.4) is 0 Å². The fraction of sp³-hybridized carbons (Fsp3) is 0.367. The van der Waals surface area contributed by atoms with Crippen molar-refractivity contribution in [3.8, 4) is 22.3 Å². The SMILES string of the molecule is CCCCCCCCc1ccc(-c2ccccc2-c2ccc(C(C)OC(C)=O)cc2)cc1. The monoisotopic (exact) mass is 428 g/mol. The van der Waals surface area contributed by atoms with Gasteiger partial charge in [-0.3, -0.25) is 4.79 Å². The standard InChI is InChI=1S/C30H36O2/c1-4-5-6-7-8-9-12-25-15-17-27(18-16-25)29-13-10-11-14-30(29)28-21-19-26(20-22-28)23(2)32-24(3)31/h10-11,13-23H,4-9,12H2,1-3H3. The number of aryl methyl sites for hydroxylation is 1. The average molecular weight is 429 g/mol. The van der Waals surface area contributed by atoms with Gasteiger partial charge in [-0.2, -0.15) is 0 Å². The van der Waals surface area contributed by atoms with Gasteiger partial charge < -0.3 is 4.74 Å². The fourth-order valence-corrected chi connectivity index (χ4v) is 4.20. The summed E-state index contributed by atoms with van der Waals surface area (Å²) in [5.74, 6) is -0.258. The molecule has 0 spiro atoms. The largest absolute Gasteiger partial charge is 0.458 e. The zero-order valence-electron chi connectivity index (χ0n) is 19.8. The van der Waals surface area contributed by atoms with Gasteiger partial charge in [0.15, 0.2) is 0 Å². The highest BCUT2D eigenvalue weighted by Crippen LogP contribution is 2.33. The van der Waals surface area contributed by atoms with Crippen LogP contribution < -0.4 is 0 Å². The Kier molecular flexibility index (Phi) is 9.10. The average Bonchev–Trinajstić information content (AvgIpc) is 2.81. The Bertz CT molecular complexity index is 970. The van der Waals surface area contributed by atoms with E-state index >= 15 is 0 Å². The number of unbranched alkanes of at least 4 members (excludes halogenated alkanes) is 5. The second-order valence-corrected chi connectivity index (χ2v) is 8.63. The molecule has 0 heterocycles. The second-order valence-electron chi connectivity index (χ2n) is 8.63. The number of hydrogen-bond donors (Lipinski definition) is 0.